The standard InChI is InChI=1S/C27H38FN3O3/c1-3-31(14-4-5-26(32)29-13-12-28)27(33)21-7-9-25-23(18-21)22-17-20(6-8-24(22)30(25)2)19-10-15-34-16-11-19/h7,9,18-20H,3-6,8,10-17H2,1-2H3,(H,29,32). The van der Waals surface area contributed by atoms with E-state index in [-0.39, 0.29) is 18.4 Å². The predicted molar refractivity (Wildman–Crippen MR) is 132 cm³/mol. The highest BCUT2D eigenvalue weighted by molar-refractivity contribution is 5.99. The van der Waals surface area contributed by atoms with Gasteiger partial charge >= 0.3 is 0 Å². The number of amides is 2. The molecule has 186 valence electrons. The fourth-order valence-electron chi connectivity index (χ4n) is 5.82. The van der Waals surface area contributed by atoms with Gasteiger partial charge in [-0.15, -0.1) is 0 Å². The Morgan fingerprint density at radius 3 is 2.74 bits per heavy atom. The van der Waals surface area contributed by atoms with Crippen LogP contribution in [0.1, 0.15) is 60.6 Å². The molecule has 34 heavy (non-hydrogen) atoms. The number of alkyl halides is 1. The molecule has 1 aliphatic heterocycles. The number of aromatic nitrogens is 1. The van der Waals surface area contributed by atoms with E-state index in [1.165, 1.54) is 28.6 Å². The van der Waals surface area contributed by atoms with Gasteiger partial charge in [0, 0.05) is 68.5 Å². The number of rotatable bonds is 9. The molecule has 2 aliphatic rings. The summed E-state index contributed by atoms with van der Waals surface area (Å²) >= 11 is 0. The summed E-state index contributed by atoms with van der Waals surface area (Å²) in [6.45, 7) is 4.30. The minimum absolute atomic E-state index is 0.00274. The Morgan fingerprint density at radius 2 is 2.00 bits per heavy atom. The zero-order chi connectivity index (χ0) is 24.1. The van der Waals surface area contributed by atoms with Crippen molar-refractivity contribution in [2.45, 2.75) is 51.9 Å². The van der Waals surface area contributed by atoms with Crippen LogP contribution in [0.4, 0.5) is 4.39 Å². The van der Waals surface area contributed by atoms with Crippen LogP contribution < -0.4 is 5.32 Å². The van der Waals surface area contributed by atoms with Gasteiger partial charge in [0.2, 0.25) is 5.91 Å². The second kappa shape index (κ2) is 11.3. The lowest BCUT2D eigenvalue weighted by Crippen LogP contribution is -2.33. The minimum Gasteiger partial charge on any atom is -0.381 e. The van der Waals surface area contributed by atoms with Crippen LogP contribution in [0.2, 0.25) is 0 Å². The van der Waals surface area contributed by atoms with Crippen molar-refractivity contribution in [3.8, 4) is 0 Å². The van der Waals surface area contributed by atoms with E-state index in [2.05, 4.69) is 29.1 Å². The van der Waals surface area contributed by atoms with E-state index in [1.54, 1.807) is 4.90 Å². The molecular formula is C27H38FN3O3. The molecule has 4 rings (SSSR count). The quantitative estimate of drug-likeness (QED) is 0.601. The summed E-state index contributed by atoms with van der Waals surface area (Å²) in [5.74, 6) is 1.26. The lowest BCUT2D eigenvalue weighted by atomic mass is 9.75. The topological polar surface area (TPSA) is 63.6 Å². The molecule has 1 unspecified atom stereocenters. The first-order chi connectivity index (χ1) is 16.5. The Balaban J connectivity index is 1.49. The third-order valence-electron chi connectivity index (χ3n) is 7.75. The highest BCUT2D eigenvalue weighted by Gasteiger charge is 2.31. The molecule has 1 aliphatic carbocycles. The monoisotopic (exact) mass is 471 g/mol. The maximum absolute atomic E-state index is 13.3. The number of hydrogen-bond acceptors (Lipinski definition) is 3. The maximum atomic E-state index is 13.3. The molecule has 0 radical (unpaired) electrons. The SMILES string of the molecule is CCN(CCCC(=O)NCCF)C(=O)c1ccc2c(c1)c1c(n2C)CCC(C2CCOCC2)C1. The third-order valence-corrected chi connectivity index (χ3v) is 7.75. The van der Waals surface area contributed by atoms with E-state index in [0.717, 1.165) is 44.8 Å². The zero-order valence-corrected chi connectivity index (χ0v) is 20.6. The van der Waals surface area contributed by atoms with Crippen molar-refractivity contribution in [1.82, 2.24) is 14.8 Å². The van der Waals surface area contributed by atoms with Gasteiger partial charge in [-0.3, -0.25) is 9.59 Å². The molecule has 2 aromatic rings. The summed E-state index contributed by atoms with van der Waals surface area (Å²) in [5.41, 5.74) is 4.73. The Kier molecular flexibility index (Phi) is 8.24. The highest BCUT2D eigenvalue weighted by atomic mass is 19.1. The predicted octanol–water partition coefficient (Wildman–Crippen LogP) is 4.04. The number of nitrogens with zero attached hydrogens (tertiary/aromatic N) is 2. The molecule has 1 fully saturated rings. The first-order valence-electron chi connectivity index (χ1n) is 12.8. The molecule has 1 N–H and O–H groups in total. The van der Waals surface area contributed by atoms with Crippen LogP contribution in [0.25, 0.3) is 10.9 Å². The maximum Gasteiger partial charge on any atom is 0.253 e. The van der Waals surface area contributed by atoms with Crippen molar-refractivity contribution >= 4 is 22.7 Å². The van der Waals surface area contributed by atoms with Crippen molar-refractivity contribution in [2.75, 3.05) is 39.5 Å². The molecule has 1 atom stereocenters. The lowest BCUT2D eigenvalue weighted by Gasteiger charge is -2.33. The molecule has 1 aromatic heterocycles. The first kappa shape index (κ1) is 24.7. The molecule has 1 aromatic carbocycles. The van der Waals surface area contributed by atoms with Gasteiger partial charge in [-0.25, -0.2) is 4.39 Å². The second-order valence-corrected chi connectivity index (χ2v) is 9.70. The summed E-state index contributed by atoms with van der Waals surface area (Å²) < 4.78 is 20.1. The summed E-state index contributed by atoms with van der Waals surface area (Å²) in [6, 6.07) is 6.10. The number of halogens is 1. The molecule has 6 nitrogen and oxygen atoms in total. The summed E-state index contributed by atoms with van der Waals surface area (Å²) in [7, 11) is 2.14. The summed E-state index contributed by atoms with van der Waals surface area (Å²) in [5, 5.41) is 3.75. The van der Waals surface area contributed by atoms with Gasteiger partial charge in [0.05, 0.1) is 0 Å². The van der Waals surface area contributed by atoms with Gasteiger partial charge in [0.15, 0.2) is 0 Å². The fraction of sp³-hybridized carbons (Fsp3) is 0.630. The number of carbonyl (C=O) groups excluding carboxylic acids is 2. The van der Waals surface area contributed by atoms with E-state index >= 15 is 0 Å². The van der Waals surface area contributed by atoms with E-state index < -0.39 is 6.67 Å². The average molecular weight is 472 g/mol. The number of carbonyl (C=O) groups is 2. The molecule has 2 amide bonds. The smallest absolute Gasteiger partial charge is 0.253 e. The van der Waals surface area contributed by atoms with Crippen LogP contribution in [-0.4, -0.2) is 60.8 Å². The van der Waals surface area contributed by atoms with Crippen LogP contribution in [0, 0.1) is 11.8 Å². The lowest BCUT2D eigenvalue weighted by molar-refractivity contribution is -0.121. The van der Waals surface area contributed by atoms with E-state index in [1.807, 2.05) is 13.0 Å². The highest BCUT2D eigenvalue weighted by Crippen LogP contribution is 2.39. The van der Waals surface area contributed by atoms with Gasteiger partial charge in [0.25, 0.3) is 5.91 Å². The van der Waals surface area contributed by atoms with Crippen molar-refractivity contribution in [1.29, 1.82) is 0 Å². The Bertz CT molecular complexity index is 1010. The number of fused-ring (bicyclic) bond motifs is 3. The van der Waals surface area contributed by atoms with Gasteiger partial charge < -0.3 is 19.5 Å². The van der Waals surface area contributed by atoms with Gasteiger partial charge in [-0.05, 0) is 81.0 Å². The first-order valence-corrected chi connectivity index (χ1v) is 12.8. The van der Waals surface area contributed by atoms with Gasteiger partial charge in [-0.1, -0.05) is 0 Å². The molecule has 7 heteroatoms. The molecular weight excluding hydrogens is 433 g/mol. The van der Waals surface area contributed by atoms with E-state index in [4.69, 9.17) is 4.74 Å². The summed E-state index contributed by atoms with van der Waals surface area (Å²) in [6.07, 6.45) is 6.58. The van der Waals surface area contributed by atoms with Crippen LogP contribution in [0.3, 0.4) is 0 Å². The number of nitrogens with one attached hydrogen (secondary N) is 1. The molecule has 0 spiro atoms. The molecule has 1 saturated heterocycles. The number of aryl methyl sites for hydroxylation is 1. The number of ether oxygens (including phenoxy) is 1. The average Bonchev–Trinajstić information content (AvgIpc) is 3.16. The van der Waals surface area contributed by atoms with Crippen molar-refractivity contribution in [3.63, 3.8) is 0 Å². The fourth-order valence-corrected chi connectivity index (χ4v) is 5.82. The van der Waals surface area contributed by atoms with Crippen LogP contribution >= 0.6 is 0 Å². The number of benzene rings is 1. The van der Waals surface area contributed by atoms with Crippen LogP contribution in [-0.2, 0) is 29.4 Å². The van der Waals surface area contributed by atoms with Crippen molar-refractivity contribution in [2.24, 2.45) is 18.9 Å². The van der Waals surface area contributed by atoms with E-state index in [9.17, 15) is 14.0 Å². The normalized spacial score (nSPS) is 18.6. The van der Waals surface area contributed by atoms with Crippen molar-refractivity contribution < 1.29 is 18.7 Å². The molecule has 0 saturated carbocycles. The second-order valence-electron chi connectivity index (χ2n) is 9.70. The van der Waals surface area contributed by atoms with Crippen LogP contribution in [0.5, 0.6) is 0 Å². The Labute approximate surface area is 201 Å². The van der Waals surface area contributed by atoms with Crippen LogP contribution in [0.15, 0.2) is 18.2 Å². The Morgan fingerprint density at radius 1 is 1.21 bits per heavy atom. The molecule has 0 bridgehead atoms. The van der Waals surface area contributed by atoms with Crippen molar-refractivity contribution in [3.05, 3.63) is 35.0 Å². The van der Waals surface area contributed by atoms with Gasteiger partial charge in [0.1, 0.15) is 6.67 Å². The minimum atomic E-state index is -0.563. The Hall–Kier alpha value is -2.41. The zero-order valence-electron chi connectivity index (χ0n) is 20.6. The van der Waals surface area contributed by atoms with E-state index in [0.29, 0.717) is 37.4 Å². The summed E-state index contributed by atoms with van der Waals surface area (Å²) in [4.78, 5) is 26.9. The third kappa shape index (κ3) is 5.29. The number of hydrogen-bond donors (Lipinski definition) is 1. The van der Waals surface area contributed by atoms with Gasteiger partial charge in [-0.2, -0.15) is 0 Å². The molecule has 2 heterocycles. The largest absolute Gasteiger partial charge is 0.381 e.